The Labute approximate surface area is 158 Å². The highest BCUT2D eigenvalue weighted by atomic mass is 16.7. The molecule has 148 valence electrons. The lowest BCUT2D eigenvalue weighted by molar-refractivity contribution is -0.267. The number of nitrogens with zero attached hydrogens (tertiary/aromatic N) is 1. The number of H-pyrrole nitrogens is 1. The molecule has 5 unspecified atom stereocenters. The molecule has 1 aromatic carbocycles. The van der Waals surface area contributed by atoms with Gasteiger partial charge in [0.1, 0.15) is 24.1 Å². The molecule has 2 fully saturated rings. The fourth-order valence-electron chi connectivity index (χ4n) is 4.04. The van der Waals surface area contributed by atoms with E-state index in [4.69, 9.17) is 9.47 Å². The van der Waals surface area contributed by atoms with Crippen LogP contribution in [0.1, 0.15) is 25.3 Å². The second-order valence-corrected chi connectivity index (χ2v) is 7.59. The number of aromatic nitrogens is 1. The zero-order valence-electron chi connectivity index (χ0n) is 15.5. The molecule has 0 spiro atoms. The van der Waals surface area contributed by atoms with Crippen molar-refractivity contribution >= 4 is 10.9 Å². The van der Waals surface area contributed by atoms with Gasteiger partial charge in [-0.1, -0.05) is 6.07 Å². The van der Waals surface area contributed by atoms with E-state index >= 15 is 0 Å². The maximum absolute atomic E-state index is 10.3. The molecule has 27 heavy (non-hydrogen) atoms. The molecular weight excluding hydrogens is 348 g/mol. The van der Waals surface area contributed by atoms with Crippen LogP contribution >= 0.6 is 0 Å². The summed E-state index contributed by atoms with van der Waals surface area (Å²) in [6.45, 7) is 4.97. The number of benzene rings is 1. The number of fused-ring (bicyclic) bond motifs is 1. The van der Waals surface area contributed by atoms with Crippen LogP contribution in [0.25, 0.3) is 10.9 Å². The number of rotatable bonds is 5. The van der Waals surface area contributed by atoms with E-state index in [-0.39, 0.29) is 0 Å². The summed E-state index contributed by atoms with van der Waals surface area (Å²) < 4.78 is 11.6. The van der Waals surface area contributed by atoms with E-state index < -0.39 is 30.7 Å². The predicted octanol–water partition coefficient (Wildman–Crippen LogP) is 1.01. The lowest BCUT2D eigenvalue weighted by Gasteiger charge is -2.39. The average Bonchev–Trinajstić information content (AvgIpc) is 3.32. The quantitative estimate of drug-likeness (QED) is 0.622. The van der Waals surface area contributed by atoms with E-state index in [9.17, 15) is 15.3 Å². The Morgan fingerprint density at radius 1 is 1.15 bits per heavy atom. The van der Waals surface area contributed by atoms with Crippen molar-refractivity contribution in [3.05, 3.63) is 30.0 Å². The Balaban J connectivity index is 1.55. The third-order valence-corrected chi connectivity index (χ3v) is 5.70. The van der Waals surface area contributed by atoms with Crippen molar-refractivity contribution in [2.45, 2.75) is 56.9 Å². The number of aromatic amines is 1. The molecule has 0 amide bonds. The van der Waals surface area contributed by atoms with Crippen LogP contribution in [-0.4, -0.2) is 75.5 Å². The van der Waals surface area contributed by atoms with Crippen molar-refractivity contribution in [3.8, 4) is 5.75 Å². The van der Waals surface area contributed by atoms with E-state index in [1.807, 2.05) is 24.4 Å². The summed E-state index contributed by atoms with van der Waals surface area (Å²) in [5.41, 5.74) is 2.12. The zero-order valence-corrected chi connectivity index (χ0v) is 15.5. The highest BCUT2D eigenvalue weighted by molar-refractivity contribution is 5.89. The first-order valence-electron chi connectivity index (χ1n) is 9.72. The summed E-state index contributed by atoms with van der Waals surface area (Å²) in [6.07, 6.45) is 0.0194. The maximum atomic E-state index is 10.3. The van der Waals surface area contributed by atoms with Gasteiger partial charge in [0, 0.05) is 23.6 Å². The van der Waals surface area contributed by atoms with Crippen molar-refractivity contribution < 1.29 is 24.8 Å². The van der Waals surface area contributed by atoms with Gasteiger partial charge in [-0.2, -0.15) is 0 Å². The Bertz CT molecular complexity index is 773. The van der Waals surface area contributed by atoms with E-state index in [0.29, 0.717) is 5.75 Å². The number of ether oxygens (including phenoxy) is 2. The summed E-state index contributed by atoms with van der Waals surface area (Å²) in [5, 5.41) is 31.1. The average molecular weight is 376 g/mol. The van der Waals surface area contributed by atoms with Crippen molar-refractivity contribution in [1.82, 2.24) is 9.88 Å². The molecule has 2 aromatic rings. The summed E-state index contributed by atoms with van der Waals surface area (Å²) >= 11 is 0. The molecule has 7 nitrogen and oxygen atoms in total. The van der Waals surface area contributed by atoms with Crippen LogP contribution in [0.15, 0.2) is 24.4 Å². The fourth-order valence-corrected chi connectivity index (χ4v) is 4.04. The SMILES string of the molecule is CC1OC(Oc2cccc3[nH]cc(CCN4CCCC4)c23)C(O)C(O)C1O. The van der Waals surface area contributed by atoms with Gasteiger partial charge < -0.3 is 34.7 Å². The fraction of sp³-hybridized carbons (Fsp3) is 0.600. The van der Waals surface area contributed by atoms with Gasteiger partial charge in [-0.05, 0) is 57.0 Å². The van der Waals surface area contributed by atoms with Crippen LogP contribution in [0, 0.1) is 0 Å². The highest BCUT2D eigenvalue weighted by Crippen LogP contribution is 2.32. The number of hydrogen-bond acceptors (Lipinski definition) is 6. The van der Waals surface area contributed by atoms with Crippen molar-refractivity contribution in [2.24, 2.45) is 0 Å². The molecule has 0 aliphatic carbocycles. The minimum absolute atomic E-state index is 0.602. The van der Waals surface area contributed by atoms with Gasteiger partial charge in [-0.25, -0.2) is 0 Å². The van der Waals surface area contributed by atoms with E-state index in [2.05, 4.69) is 9.88 Å². The molecule has 0 radical (unpaired) electrons. The van der Waals surface area contributed by atoms with Crippen LogP contribution in [0.3, 0.4) is 0 Å². The maximum Gasteiger partial charge on any atom is 0.229 e. The predicted molar refractivity (Wildman–Crippen MR) is 101 cm³/mol. The minimum Gasteiger partial charge on any atom is -0.461 e. The Morgan fingerprint density at radius 3 is 2.70 bits per heavy atom. The van der Waals surface area contributed by atoms with Crippen molar-refractivity contribution in [3.63, 3.8) is 0 Å². The van der Waals surface area contributed by atoms with Crippen LogP contribution in [-0.2, 0) is 11.2 Å². The van der Waals surface area contributed by atoms with Gasteiger partial charge in [0.25, 0.3) is 0 Å². The van der Waals surface area contributed by atoms with Gasteiger partial charge in [-0.3, -0.25) is 0 Å². The number of nitrogens with one attached hydrogen (secondary N) is 1. The minimum atomic E-state index is -1.32. The Morgan fingerprint density at radius 2 is 1.93 bits per heavy atom. The normalized spacial score (nSPS) is 32.2. The molecule has 4 rings (SSSR count). The van der Waals surface area contributed by atoms with Gasteiger partial charge in [0.2, 0.25) is 6.29 Å². The summed E-state index contributed by atoms with van der Waals surface area (Å²) in [7, 11) is 0. The second-order valence-electron chi connectivity index (χ2n) is 7.59. The Kier molecular flexibility index (Phi) is 5.39. The first-order valence-corrected chi connectivity index (χ1v) is 9.72. The molecule has 0 saturated carbocycles. The lowest BCUT2D eigenvalue weighted by atomic mass is 10.00. The van der Waals surface area contributed by atoms with Gasteiger partial charge >= 0.3 is 0 Å². The van der Waals surface area contributed by atoms with Crippen LogP contribution in [0.5, 0.6) is 5.75 Å². The molecule has 3 heterocycles. The highest BCUT2D eigenvalue weighted by Gasteiger charge is 2.43. The molecule has 4 N–H and O–H groups in total. The number of aliphatic hydroxyl groups is 3. The van der Waals surface area contributed by atoms with Crippen LogP contribution in [0.2, 0.25) is 0 Å². The van der Waals surface area contributed by atoms with Crippen LogP contribution in [0.4, 0.5) is 0 Å². The van der Waals surface area contributed by atoms with Gasteiger partial charge in [-0.15, -0.1) is 0 Å². The molecular formula is C20H28N2O5. The van der Waals surface area contributed by atoms with Crippen molar-refractivity contribution in [1.29, 1.82) is 0 Å². The number of hydrogen-bond donors (Lipinski definition) is 4. The molecule has 7 heteroatoms. The topological polar surface area (TPSA) is 98.2 Å². The monoisotopic (exact) mass is 376 g/mol. The van der Waals surface area contributed by atoms with E-state index in [1.54, 1.807) is 6.92 Å². The van der Waals surface area contributed by atoms with E-state index in [0.717, 1.165) is 42.5 Å². The van der Waals surface area contributed by atoms with Gasteiger partial charge in [0.15, 0.2) is 0 Å². The number of likely N-dealkylation sites (tertiary alicyclic amines) is 1. The van der Waals surface area contributed by atoms with Crippen LogP contribution < -0.4 is 4.74 Å². The first kappa shape index (κ1) is 18.7. The largest absolute Gasteiger partial charge is 0.461 e. The van der Waals surface area contributed by atoms with E-state index in [1.165, 1.54) is 12.8 Å². The number of aliphatic hydroxyl groups excluding tert-OH is 3. The molecule has 0 bridgehead atoms. The third-order valence-electron chi connectivity index (χ3n) is 5.70. The molecule has 1 aromatic heterocycles. The molecule has 2 aliphatic heterocycles. The lowest BCUT2D eigenvalue weighted by Crippen LogP contribution is -2.58. The standard InChI is InChI=1S/C20H28N2O5/c1-12-17(23)18(24)19(25)20(26-12)27-15-6-4-5-14-16(15)13(11-21-14)7-10-22-8-2-3-9-22/h4-6,11-12,17-21,23-25H,2-3,7-10H2,1H3. The molecule has 2 saturated heterocycles. The third kappa shape index (κ3) is 3.70. The zero-order chi connectivity index (χ0) is 19.0. The smallest absolute Gasteiger partial charge is 0.229 e. The summed E-state index contributed by atoms with van der Waals surface area (Å²) in [4.78, 5) is 5.75. The first-order chi connectivity index (χ1) is 13.0. The molecule has 2 aliphatic rings. The summed E-state index contributed by atoms with van der Waals surface area (Å²) in [5.74, 6) is 0.602. The van der Waals surface area contributed by atoms with Gasteiger partial charge in [0.05, 0.1) is 6.10 Å². The molecule has 5 atom stereocenters. The second kappa shape index (κ2) is 7.77. The Hall–Kier alpha value is -1.64. The van der Waals surface area contributed by atoms with Crippen molar-refractivity contribution in [2.75, 3.05) is 19.6 Å². The summed E-state index contributed by atoms with van der Waals surface area (Å²) in [6, 6.07) is 5.71.